The molecule has 0 bridgehead atoms. The van der Waals surface area contributed by atoms with E-state index in [0.29, 0.717) is 5.88 Å². The van der Waals surface area contributed by atoms with Crippen molar-refractivity contribution in [2.24, 2.45) is 0 Å². The zero-order valence-electron chi connectivity index (χ0n) is 13.2. The Morgan fingerprint density at radius 2 is 1.43 bits per heavy atom. The molecule has 0 spiro atoms. The van der Waals surface area contributed by atoms with E-state index in [0.717, 1.165) is 16.9 Å². The van der Waals surface area contributed by atoms with E-state index in [-0.39, 0.29) is 6.17 Å². The molecule has 0 amide bonds. The number of anilines is 3. The van der Waals surface area contributed by atoms with Gasteiger partial charge in [0, 0.05) is 19.7 Å². The number of benzene rings is 2. The SMILES string of the molecule is CN1c2ccccc2N(C)C1c1cc(-c2ccccc2)oc1N. The number of hydrogen-bond donors (Lipinski definition) is 1. The number of nitrogens with zero attached hydrogens (tertiary/aromatic N) is 2. The standard InChI is InChI=1S/C19H19N3O/c1-21-15-10-6-7-11-16(15)22(2)19(21)14-12-17(23-18(14)20)13-8-4-3-5-9-13/h3-12,19H,20H2,1-2H3. The number of nitrogen functional groups attached to an aromatic ring is 1. The van der Waals surface area contributed by atoms with E-state index in [4.69, 9.17) is 10.2 Å². The van der Waals surface area contributed by atoms with Crippen LogP contribution in [0.4, 0.5) is 17.3 Å². The lowest BCUT2D eigenvalue weighted by Crippen LogP contribution is -2.30. The highest BCUT2D eigenvalue weighted by Gasteiger charge is 2.34. The summed E-state index contributed by atoms with van der Waals surface area (Å²) in [6.07, 6.45) is 0.0358. The average Bonchev–Trinajstić information content (AvgIpc) is 3.08. The molecule has 0 unspecified atom stereocenters. The van der Waals surface area contributed by atoms with Crippen LogP contribution in [0.15, 0.2) is 65.1 Å². The summed E-state index contributed by atoms with van der Waals surface area (Å²) >= 11 is 0. The fraction of sp³-hybridized carbons (Fsp3) is 0.158. The second kappa shape index (κ2) is 5.09. The van der Waals surface area contributed by atoms with Crippen molar-refractivity contribution in [1.29, 1.82) is 0 Å². The van der Waals surface area contributed by atoms with Crippen LogP contribution in [0, 0.1) is 0 Å². The summed E-state index contributed by atoms with van der Waals surface area (Å²) in [5.41, 5.74) is 10.6. The van der Waals surface area contributed by atoms with E-state index >= 15 is 0 Å². The van der Waals surface area contributed by atoms with Crippen LogP contribution in [0.25, 0.3) is 11.3 Å². The third kappa shape index (κ3) is 2.06. The third-order valence-electron chi connectivity index (χ3n) is 4.50. The van der Waals surface area contributed by atoms with Gasteiger partial charge >= 0.3 is 0 Å². The molecule has 2 aromatic carbocycles. The first-order valence-electron chi connectivity index (χ1n) is 7.66. The van der Waals surface area contributed by atoms with Gasteiger partial charge in [-0.2, -0.15) is 0 Å². The zero-order valence-corrected chi connectivity index (χ0v) is 13.2. The van der Waals surface area contributed by atoms with Crippen molar-refractivity contribution < 1.29 is 4.42 Å². The molecule has 116 valence electrons. The van der Waals surface area contributed by atoms with Crippen LogP contribution in [0.1, 0.15) is 11.7 Å². The predicted molar refractivity (Wildman–Crippen MR) is 94.5 cm³/mol. The van der Waals surface area contributed by atoms with Gasteiger partial charge in [-0.15, -0.1) is 0 Å². The molecule has 4 heteroatoms. The summed E-state index contributed by atoms with van der Waals surface area (Å²) in [5, 5.41) is 0. The maximum atomic E-state index is 6.20. The Bertz CT molecular complexity index is 812. The summed E-state index contributed by atoms with van der Waals surface area (Å²) in [4.78, 5) is 4.46. The highest BCUT2D eigenvalue weighted by Crippen LogP contribution is 2.46. The van der Waals surface area contributed by atoms with Crippen LogP contribution in [0.2, 0.25) is 0 Å². The molecular weight excluding hydrogens is 286 g/mol. The summed E-state index contributed by atoms with van der Waals surface area (Å²) in [7, 11) is 4.17. The molecule has 0 saturated heterocycles. The fourth-order valence-corrected chi connectivity index (χ4v) is 3.37. The fourth-order valence-electron chi connectivity index (χ4n) is 3.37. The van der Waals surface area contributed by atoms with E-state index in [1.165, 1.54) is 11.4 Å². The van der Waals surface area contributed by atoms with Gasteiger partial charge in [-0.1, -0.05) is 42.5 Å². The quantitative estimate of drug-likeness (QED) is 0.774. The van der Waals surface area contributed by atoms with Gasteiger partial charge in [0.25, 0.3) is 0 Å². The number of nitrogens with two attached hydrogens (primary N) is 1. The van der Waals surface area contributed by atoms with Crippen molar-refractivity contribution in [2.75, 3.05) is 29.6 Å². The second-order valence-corrected chi connectivity index (χ2v) is 5.88. The van der Waals surface area contributed by atoms with Crippen LogP contribution < -0.4 is 15.5 Å². The van der Waals surface area contributed by atoms with Crippen LogP contribution in [0.5, 0.6) is 0 Å². The zero-order chi connectivity index (χ0) is 16.0. The van der Waals surface area contributed by atoms with E-state index in [1.54, 1.807) is 0 Å². The van der Waals surface area contributed by atoms with E-state index in [1.807, 2.05) is 36.4 Å². The largest absolute Gasteiger partial charge is 0.441 e. The van der Waals surface area contributed by atoms with Gasteiger partial charge in [0.1, 0.15) is 11.9 Å². The monoisotopic (exact) mass is 305 g/mol. The van der Waals surface area contributed by atoms with Crippen molar-refractivity contribution in [2.45, 2.75) is 6.17 Å². The molecule has 0 radical (unpaired) electrons. The van der Waals surface area contributed by atoms with Gasteiger partial charge in [0.15, 0.2) is 5.88 Å². The van der Waals surface area contributed by atoms with Crippen molar-refractivity contribution in [3.63, 3.8) is 0 Å². The highest BCUT2D eigenvalue weighted by atomic mass is 16.4. The number of para-hydroxylation sites is 2. The molecule has 2 heterocycles. The van der Waals surface area contributed by atoms with Crippen molar-refractivity contribution in [3.8, 4) is 11.3 Å². The van der Waals surface area contributed by atoms with Crippen LogP contribution >= 0.6 is 0 Å². The molecule has 4 nitrogen and oxygen atoms in total. The summed E-state index contributed by atoms with van der Waals surface area (Å²) in [6.45, 7) is 0. The van der Waals surface area contributed by atoms with Crippen LogP contribution in [-0.2, 0) is 0 Å². The molecule has 1 aromatic heterocycles. The smallest absolute Gasteiger partial charge is 0.198 e. The number of furan rings is 1. The maximum Gasteiger partial charge on any atom is 0.198 e. The Kier molecular flexibility index (Phi) is 3.05. The van der Waals surface area contributed by atoms with Crippen molar-refractivity contribution in [1.82, 2.24) is 0 Å². The Balaban J connectivity index is 1.77. The first-order valence-corrected chi connectivity index (χ1v) is 7.66. The van der Waals surface area contributed by atoms with Crippen molar-refractivity contribution in [3.05, 3.63) is 66.2 Å². The number of hydrogen-bond acceptors (Lipinski definition) is 4. The van der Waals surface area contributed by atoms with Gasteiger partial charge in [-0.3, -0.25) is 0 Å². The average molecular weight is 305 g/mol. The third-order valence-corrected chi connectivity index (χ3v) is 4.50. The Labute approximate surface area is 135 Å². The van der Waals surface area contributed by atoms with Gasteiger partial charge in [0.2, 0.25) is 0 Å². The first-order chi connectivity index (χ1) is 11.2. The van der Waals surface area contributed by atoms with E-state index in [2.05, 4.69) is 48.2 Å². The van der Waals surface area contributed by atoms with Gasteiger partial charge in [-0.25, -0.2) is 0 Å². The molecule has 3 aromatic rings. The molecule has 1 aliphatic rings. The minimum absolute atomic E-state index is 0.0358. The lowest BCUT2D eigenvalue weighted by Gasteiger charge is -2.27. The molecule has 23 heavy (non-hydrogen) atoms. The molecule has 4 rings (SSSR count). The molecule has 0 saturated carbocycles. The molecule has 2 N–H and O–H groups in total. The summed E-state index contributed by atoms with van der Waals surface area (Å²) < 4.78 is 5.83. The van der Waals surface area contributed by atoms with Crippen molar-refractivity contribution >= 4 is 17.3 Å². The molecule has 0 atom stereocenters. The van der Waals surface area contributed by atoms with Gasteiger partial charge < -0.3 is 20.0 Å². The minimum atomic E-state index is 0.0358. The number of fused-ring (bicyclic) bond motifs is 1. The predicted octanol–water partition coefficient (Wildman–Crippen LogP) is 4.11. The van der Waals surface area contributed by atoms with E-state index < -0.39 is 0 Å². The summed E-state index contributed by atoms with van der Waals surface area (Å²) in [5.74, 6) is 1.27. The number of rotatable bonds is 2. The lowest BCUT2D eigenvalue weighted by atomic mass is 10.1. The van der Waals surface area contributed by atoms with Crippen LogP contribution in [-0.4, -0.2) is 14.1 Å². The first kappa shape index (κ1) is 13.8. The van der Waals surface area contributed by atoms with E-state index in [9.17, 15) is 0 Å². The van der Waals surface area contributed by atoms with Gasteiger partial charge in [0.05, 0.1) is 16.9 Å². The topological polar surface area (TPSA) is 45.6 Å². The Morgan fingerprint density at radius 3 is 2.04 bits per heavy atom. The molecular formula is C19H19N3O. The molecule has 0 fully saturated rings. The second-order valence-electron chi connectivity index (χ2n) is 5.88. The summed E-state index contributed by atoms with van der Waals surface area (Å²) in [6, 6.07) is 20.5. The highest BCUT2D eigenvalue weighted by molar-refractivity contribution is 5.78. The molecule has 1 aliphatic heterocycles. The Morgan fingerprint density at radius 1 is 0.870 bits per heavy atom. The lowest BCUT2D eigenvalue weighted by molar-refractivity contribution is 0.592. The minimum Gasteiger partial charge on any atom is -0.441 e. The normalized spacial score (nSPS) is 14.3. The molecule has 0 aliphatic carbocycles. The van der Waals surface area contributed by atoms with Crippen LogP contribution in [0.3, 0.4) is 0 Å². The maximum absolute atomic E-state index is 6.20. The Hall–Kier alpha value is -2.88. The van der Waals surface area contributed by atoms with Gasteiger partial charge in [-0.05, 0) is 18.2 Å².